The number of nitrogens with zero attached hydrogens (tertiary/aromatic N) is 4. The lowest BCUT2D eigenvalue weighted by Gasteiger charge is -2.25. The topological polar surface area (TPSA) is 40.9 Å². The summed E-state index contributed by atoms with van der Waals surface area (Å²) in [5.41, 5.74) is 4.33. The van der Waals surface area contributed by atoms with E-state index in [2.05, 4.69) is 4.98 Å². The molecule has 2 aromatic carbocycles. The van der Waals surface area contributed by atoms with Crippen LogP contribution in [0.25, 0.3) is 5.65 Å². The van der Waals surface area contributed by atoms with Crippen molar-refractivity contribution in [3.8, 4) is 0 Å². The average Bonchev–Trinajstić information content (AvgIpc) is 3.05. The van der Waals surface area contributed by atoms with Crippen LogP contribution in [0.2, 0.25) is 0 Å². The molecule has 0 bridgehead atoms. The summed E-state index contributed by atoms with van der Waals surface area (Å²) in [6, 6.07) is 14.1. The molecule has 1 saturated heterocycles. The number of rotatable bonds is 6. The van der Waals surface area contributed by atoms with Gasteiger partial charge >= 0.3 is 6.18 Å². The van der Waals surface area contributed by atoms with Crippen LogP contribution in [-0.2, 0) is 12.6 Å². The van der Waals surface area contributed by atoms with Crippen molar-refractivity contribution < 1.29 is 22.4 Å². The molecule has 0 amide bonds. The van der Waals surface area contributed by atoms with Crippen LogP contribution in [0, 0.1) is 19.7 Å². The molecule has 0 saturated carbocycles. The van der Waals surface area contributed by atoms with E-state index in [4.69, 9.17) is 0 Å². The van der Waals surface area contributed by atoms with Crippen LogP contribution in [0.4, 0.5) is 28.9 Å². The van der Waals surface area contributed by atoms with Crippen LogP contribution >= 0.6 is 0 Å². The molecule has 9 heteroatoms. The van der Waals surface area contributed by atoms with Gasteiger partial charge in [-0.25, -0.2) is 9.37 Å². The van der Waals surface area contributed by atoms with E-state index in [1.54, 1.807) is 6.07 Å². The maximum atomic E-state index is 15.2. The fourth-order valence-electron chi connectivity index (χ4n) is 5.22. The first-order chi connectivity index (χ1) is 18.6. The summed E-state index contributed by atoms with van der Waals surface area (Å²) in [5.74, 6) is -0.381. The first-order valence-corrected chi connectivity index (χ1v) is 13.0. The van der Waals surface area contributed by atoms with E-state index in [0.29, 0.717) is 49.7 Å². The maximum absolute atomic E-state index is 15.2. The van der Waals surface area contributed by atoms with E-state index in [-0.39, 0.29) is 18.0 Å². The van der Waals surface area contributed by atoms with Crippen LogP contribution in [0.15, 0.2) is 60.8 Å². The highest BCUT2D eigenvalue weighted by molar-refractivity contribution is 5.96. The molecule has 3 heterocycles. The second kappa shape index (κ2) is 10.7. The van der Waals surface area contributed by atoms with Gasteiger partial charge in [-0.05, 0) is 86.3 Å². The molecule has 0 N–H and O–H groups in total. The number of Topliss-reactive ketones (excluding diaryl/α,β-unsaturated/α-hetero) is 1. The fourth-order valence-corrected chi connectivity index (χ4v) is 5.22. The molecule has 0 atom stereocenters. The van der Waals surface area contributed by atoms with E-state index in [1.165, 1.54) is 18.2 Å². The molecule has 4 aromatic rings. The molecule has 1 fully saturated rings. The van der Waals surface area contributed by atoms with Crippen LogP contribution in [-0.4, -0.2) is 41.3 Å². The number of halogens is 4. The predicted octanol–water partition coefficient (Wildman–Crippen LogP) is 6.64. The lowest BCUT2D eigenvalue weighted by atomic mass is 10.0. The predicted molar refractivity (Wildman–Crippen MR) is 144 cm³/mol. The van der Waals surface area contributed by atoms with E-state index in [0.717, 1.165) is 41.0 Å². The Morgan fingerprint density at radius 1 is 0.923 bits per heavy atom. The number of aryl methyl sites for hydroxylation is 3. The summed E-state index contributed by atoms with van der Waals surface area (Å²) in [6.45, 7) is 6.22. The first kappa shape index (κ1) is 26.7. The third-order valence-corrected chi connectivity index (χ3v) is 7.27. The van der Waals surface area contributed by atoms with Gasteiger partial charge < -0.3 is 9.80 Å². The molecule has 1 aliphatic rings. The van der Waals surface area contributed by atoms with Crippen molar-refractivity contribution in [3.63, 3.8) is 0 Å². The summed E-state index contributed by atoms with van der Waals surface area (Å²) in [6.07, 6.45) is -1.11. The van der Waals surface area contributed by atoms with Crippen molar-refractivity contribution in [2.24, 2.45) is 0 Å². The lowest BCUT2D eigenvalue weighted by molar-refractivity contribution is -0.137. The molecule has 0 aliphatic carbocycles. The van der Waals surface area contributed by atoms with Crippen molar-refractivity contribution in [2.75, 3.05) is 36.0 Å². The normalized spacial score (nSPS) is 14.6. The fraction of sp³-hybridized carbons (Fsp3) is 0.333. The number of aromatic nitrogens is 2. The Kier molecular flexibility index (Phi) is 7.34. The second-order valence-corrected chi connectivity index (χ2v) is 10.1. The highest BCUT2D eigenvalue weighted by Crippen LogP contribution is 2.31. The second-order valence-electron chi connectivity index (χ2n) is 10.1. The maximum Gasteiger partial charge on any atom is 0.416 e. The van der Waals surface area contributed by atoms with Gasteiger partial charge in [-0.15, -0.1) is 0 Å². The number of hydrogen-bond donors (Lipinski definition) is 0. The number of anilines is 2. The van der Waals surface area contributed by atoms with Gasteiger partial charge in [0.15, 0.2) is 5.78 Å². The molecule has 204 valence electrons. The third-order valence-electron chi connectivity index (χ3n) is 7.27. The largest absolute Gasteiger partial charge is 0.416 e. The average molecular weight is 539 g/mol. The zero-order valence-corrected chi connectivity index (χ0v) is 21.9. The van der Waals surface area contributed by atoms with Gasteiger partial charge in [-0.3, -0.25) is 9.20 Å². The van der Waals surface area contributed by atoms with Crippen molar-refractivity contribution >= 4 is 22.8 Å². The molecule has 0 spiro atoms. The van der Waals surface area contributed by atoms with Crippen LogP contribution in [0.5, 0.6) is 0 Å². The SMILES string of the molecule is Cc1ccn2c(C(=O)CCc3ccc(N4CCCN(c5ccc(C(F)(F)F)cc5)CC4)c(F)c3)c(C)nc2c1. The number of hydrogen-bond acceptors (Lipinski definition) is 4. The summed E-state index contributed by atoms with van der Waals surface area (Å²) in [5, 5.41) is 0. The molecule has 5 nitrogen and oxygen atoms in total. The Labute approximate surface area is 224 Å². The van der Waals surface area contributed by atoms with Crippen molar-refractivity contribution in [2.45, 2.75) is 39.3 Å². The third kappa shape index (κ3) is 5.77. The van der Waals surface area contributed by atoms with Crippen LogP contribution < -0.4 is 9.80 Å². The number of ketones is 1. The molecule has 39 heavy (non-hydrogen) atoms. The summed E-state index contributed by atoms with van der Waals surface area (Å²) in [4.78, 5) is 21.5. The van der Waals surface area contributed by atoms with Gasteiger partial charge in [0.1, 0.15) is 17.2 Å². The highest BCUT2D eigenvalue weighted by Gasteiger charge is 2.30. The smallest absolute Gasteiger partial charge is 0.370 e. The number of benzene rings is 2. The van der Waals surface area contributed by atoms with E-state index in [1.807, 2.05) is 52.4 Å². The first-order valence-electron chi connectivity index (χ1n) is 13.0. The standard InChI is InChI=1S/C30H30F4N4O/c1-20-12-15-38-28(18-20)35-21(2)29(38)27(39)11-5-22-4-10-26(25(31)19-22)37-14-3-13-36(16-17-37)24-8-6-23(7-9-24)30(32,33)34/h4,6-10,12,15,18-19H,3,5,11,13-14,16-17H2,1-2H3. The quantitative estimate of drug-likeness (QED) is 0.204. The zero-order chi connectivity index (χ0) is 27.7. The minimum absolute atomic E-state index is 0.0378. The molecule has 1 aliphatic heterocycles. The Morgan fingerprint density at radius 2 is 1.64 bits per heavy atom. The number of carbonyl (C=O) groups excluding carboxylic acids is 1. The monoisotopic (exact) mass is 538 g/mol. The molecule has 0 unspecified atom stereocenters. The Bertz CT molecular complexity index is 1490. The molecular formula is C30H30F4N4O. The van der Waals surface area contributed by atoms with Gasteiger partial charge in [0.2, 0.25) is 0 Å². The number of imidazole rings is 1. The van der Waals surface area contributed by atoms with Gasteiger partial charge in [-0.2, -0.15) is 13.2 Å². The Morgan fingerprint density at radius 3 is 2.36 bits per heavy atom. The van der Waals surface area contributed by atoms with E-state index < -0.39 is 11.7 Å². The zero-order valence-electron chi connectivity index (χ0n) is 21.9. The number of fused-ring (bicyclic) bond motifs is 1. The van der Waals surface area contributed by atoms with Gasteiger partial charge in [0, 0.05) is 44.5 Å². The Hall–Kier alpha value is -3.88. The number of alkyl halides is 3. The minimum atomic E-state index is -4.36. The Balaban J connectivity index is 1.22. The van der Waals surface area contributed by atoms with Crippen molar-refractivity contribution in [1.82, 2.24) is 9.38 Å². The highest BCUT2D eigenvalue weighted by atomic mass is 19.4. The molecule has 5 rings (SSSR count). The number of pyridine rings is 1. The van der Waals surface area contributed by atoms with Crippen LogP contribution in [0.3, 0.4) is 0 Å². The van der Waals surface area contributed by atoms with Crippen molar-refractivity contribution in [1.29, 1.82) is 0 Å². The number of carbonyl (C=O) groups is 1. The van der Waals surface area contributed by atoms with Gasteiger partial charge in [0.05, 0.1) is 16.9 Å². The summed E-state index contributed by atoms with van der Waals surface area (Å²) >= 11 is 0. The molecule has 2 aromatic heterocycles. The lowest BCUT2D eigenvalue weighted by Crippen LogP contribution is -2.31. The van der Waals surface area contributed by atoms with E-state index in [9.17, 15) is 18.0 Å². The van der Waals surface area contributed by atoms with Gasteiger partial charge in [-0.1, -0.05) is 6.07 Å². The summed E-state index contributed by atoms with van der Waals surface area (Å²) in [7, 11) is 0. The molecule has 0 radical (unpaired) electrons. The molecular weight excluding hydrogens is 508 g/mol. The van der Waals surface area contributed by atoms with Crippen molar-refractivity contribution in [3.05, 3.63) is 94.7 Å². The summed E-state index contributed by atoms with van der Waals surface area (Å²) < 4.78 is 55.7. The van der Waals surface area contributed by atoms with Gasteiger partial charge in [0.25, 0.3) is 0 Å². The van der Waals surface area contributed by atoms with E-state index >= 15 is 4.39 Å². The minimum Gasteiger partial charge on any atom is -0.370 e. The van der Waals surface area contributed by atoms with Crippen LogP contribution in [0.1, 0.15) is 45.7 Å².